The van der Waals surface area contributed by atoms with Crippen LogP contribution in [0.1, 0.15) is 54.0 Å². The highest BCUT2D eigenvalue weighted by atomic mass is 16.2. The van der Waals surface area contributed by atoms with Crippen LogP contribution in [0, 0.1) is 0 Å². The predicted octanol–water partition coefficient (Wildman–Crippen LogP) is 5.47. The number of fused-ring (bicyclic) bond motifs is 1. The van der Waals surface area contributed by atoms with E-state index < -0.39 is 5.41 Å². The molecule has 0 saturated heterocycles. The number of hydrogen-bond acceptors (Lipinski definition) is 1. The fraction of sp³-hybridized carbons (Fsp3) is 0.421. The molecule has 1 amide bonds. The molecule has 1 aromatic carbocycles. The highest BCUT2D eigenvalue weighted by Crippen LogP contribution is 2.42. The number of rotatable bonds is 2. The third-order valence-corrected chi connectivity index (χ3v) is 3.40. The third kappa shape index (κ3) is 3.63. The summed E-state index contributed by atoms with van der Waals surface area (Å²) in [5.41, 5.74) is 2.43. The fourth-order valence-corrected chi connectivity index (χ4v) is 2.42. The standard InChI is InChI=1S/C15H17NO.2C2H6/c1-4-8-11(5-2)15(3)12-9-6-7-10-13(12)16-14(15)17;2*1-2/h4-10H,1-3H3,(H,16,17);2*1-2H3/b8-4-,11-5+;;. The van der Waals surface area contributed by atoms with Gasteiger partial charge in [0.15, 0.2) is 0 Å². The monoisotopic (exact) mass is 287 g/mol. The van der Waals surface area contributed by atoms with Crippen molar-refractivity contribution in [3.8, 4) is 0 Å². The molecular weight excluding hydrogens is 258 g/mol. The smallest absolute Gasteiger partial charge is 0.239 e. The zero-order valence-electron chi connectivity index (χ0n) is 14.4. The Morgan fingerprint density at radius 2 is 1.67 bits per heavy atom. The van der Waals surface area contributed by atoms with E-state index in [-0.39, 0.29) is 5.91 Å². The van der Waals surface area contributed by atoms with Crippen LogP contribution in [0.15, 0.2) is 48.1 Å². The molecule has 2 nitrogen and oxygen atoms in total. The van der Waals surface area contributed by atoms with Gasteiger partial charge in [0.05, 0.1) is 5.41 Å². The Balaban J connectivity index is 0.000000921. The summed E-state index contributed by atoms with van der Waals surface area (Å²) < 4.78 is 0. The number of para-hydroxylation sites is 1. The second kappa shape index (κ2) is 9.17. The van der Waals surface area contributed by atoms with Gasteiger partial charge in [-0.25, -0.2) is 0 Å². The van der Waals surface area contributed by atoms with Gasteiger partial charge in [0.1, 0.15) is 0 Å². The van der Waals surface area contributed by atoms with Crippen molar-refractivity contribution in [3.63, 3.8) is 0 Å². The van der Waals surface area contributed by atoms with E-state index in [4.69, 9.17) is 0 Å². The summed E-state index contributed by atoms with van der Waals surface area (Å²) in [7, 11) is 0. The van der Waals surface area contributed by atoms with E-state index in [1.54, 1.807) is 0 Å². The van der Waals surface area contributed by atoms with Gasteiger partial charge in [-0.15, -0.1) is 0 Å². The van der Waals surface area contributed by atoms with Crippen LogP contribution in [0.5, 0.6) is 0 Å². The molecule has 0 fully saturated rings. The minimum Gasteiger partial charge on any atom is -0.325 e. The van der Waals surface area contributed by atoms with E-state index in [0.717, 1.165) is 16.8 Å². The maximum Gasteiger partial charge on any atom is 0.239 e. The molecule has 0 spiro atoms. The van der Waals surface area contributed by atoms with Crippen LogP contribution in [0.25, 0.3) is 0 Å². The minimum absolute atomic E-state index is 0.0462. The summed E-state index contributed by atoms with van der Waals surface area (Å²) in [6, 6.07) is 7.87. The van der Waals surface area contributed by atoms with E-state index in [1.807, 2.05) is 91.0 Å². The minimum atomic E-state index is -0.572. The van der Waals surface area contributed by atoms with Gasteiger partial charge < -0.3 is 5.32 Å². The number of nitrogens with one attached hydrogen (secondary N) is 1. The number of carbonyl (C=O) groups is 1. The van der Waals surface area contributed by atoms with Crippen LogP contribution >= 0.6 is 0 Å². The molecule has 1 atom stereocenters. The first-order valence-electron chi connectivity index (χ1n) is 7.85. The zero-order valence-corrected chi connectivity index (χ0v) is 14.4. The molecule has 1 unspecified atom stereocenters. The summed E-state index contributed by atoms with van der Waals surface area (Å²) in [5, 5.41) is 2.95. The average molecular weight is 287 g/mol. The molecule has 1 aliphatic rings. The topological polar surface area (TPSA) is 29.1 Å². The van der Waals surface area contributed by atoms with Gasteiger partial charge in [-0.05, 0) is 38.0 Å². The molecule has 2 heteroatoms. The van der Waals surface area contributed by atoms with Gasteiger partial charge in [0.2, 0.25) is 5.91 Å². The van der Waals surface area contributed by atoms with Crippen molar-refractivity contribution >= 4 is 11.6 Å². The lowest BCUT2D eigenvalue weighted by molar-refractivity contribution is -0.119. The molecule has 116 valence electrons. The molecule has 2 rings (SSSR count). The predicted molar refractivity (Wildman–Crippen MR) is 93.7 cm³/mol. The average Bonchev–Trinajstić information content (AvgIpc) is 2.81. The molecule has 0 aliphatic carbocycles. The molecule has 1 aliphatic heterocycles. The maximum absolute atomic E-state index is 12.2. The number of allylic oxidation sites excluding steroid dienone is 3. The number of carbonyl (C=O) groups excluding carboxylic acids is 1. The van der Waals surface area contributed by atoms with E-state index in [9.17, 15) is 4.79 Å². The first-order valence-corrected chi connectivity index (χ1v) is 7.85. The van der Waals surface area contributed by atoms with Crippen LogP contribution in [0.3, 0.4) is 0 Å². The summed E-state index contributed by atoms with van der Waals surface area (Å²) in [4.78, 5) is 12.2. The molecule has 1 heterocycles. The van der Waals surface area contributed by atoms with E-state index >= 15 is 0 Å². The van der Waals surface area contributed by atoms with Crippen molar-refractivity contribution in [3.05, 3.63) is 53.6 Å². The molecule has 0 saturated carbocycles. The van der Waals surface area contributed by atoms with Crippen molar-refractivity contribution in [2.24, 2.45) is 0 Å². The molecule has 0 radical (unpaired) electrons. The Hall–Kier alpha value is -1.83. The summed E-state index contributed by atoms with van der Waals surface area (Å²) in [6.45, 7) is 13.9. The van der Waals surface area contributed by atoms with Crippen molar-refractivity contribution in [1.29, 1.82) is 0 Å². The molecule has 0 bridgehead atoms. The molecular formula is C19H29NO. The van der Waals surface area contributed by atoms with Gasteiger partial charge in [-0.2, -0.15) is 0 Å². The third-order valence-electron chi connectivity index (χ3n) is 3.40. The van der Waals surface area contributed by atoms with E-state index in [2.05, 4.69) is 5.32 Å². The Labute approximate surface area is 130 Å². The molecule has 1 aromatic rings. The van der Waals surface area contributed by atoms with Crippen LogP contribution in [-0.4, -0.2) is 5.91 Å². The normalized spacial score (nSPS) is 20.0. The second-order valence-electron chi connectivity index (χ2n) is 4.37. The number of hydrogen-bond donors (Lipinski definition) is 1. The number of amides is 1. The number of benzene rings is 1. The SMILES string of the molecule is C/C=C\C(=C/C)C1(C)C(=O)Nc2ccccc21.CC.CC. The van der Waals surface area contributed by atoms with Crippen molar-refractivity contribution in [1.82, 2.24) is 0 Å². The first-order chi connectivity index (χ1) is 10.1. The van der Waals surface area contributed by atoms with Crippen LogP contribution < -0.4 is 5.32 Å². The van der Waals surface area contributed by atoms with Crippen LogP contribution in [0.2, 0.25) is 0 Å². The fourth-order valence-electron chi connectivity index (χ4n) is 2.42. The van der Waals surface area contributed by atoms with Crippen molar-refractivity contribution in [2.45, 2.75) is 53.9 Å². The highest BCUT2D eigenvalue weighted by molar-refractivity contribution is 6.08. The van der Waals surface area contributed by atoms with Gasteiger partial charge in [-0.3, -0.25) is 4.79 Å². The lowest BCUT2D eigenvalue weighted by Crippen LogP contribution is -2.32. The van der Waals surface area contributed by atoms with E-state index in [1.165, 1.54) is 0 Å². The lowest BCUT2D eigenvalue weighted by atomic mass is 9.76. The Morgan fingerprint density at radius 3 is 2.19 bits per heavy atom. The quantitative estimate of drug-likeness (QED) is 0.718. The van der Waals surface area contributed by atoms with Gasteiger partial charge in [-0.1, -0.05) is 64.1 Å². The van der Waals surface area contributed by atoms with Gasteiger partial charge >= 0.3 is 0 Å². The number of anilines is 1. The zero-order chi connectivity index (χ0) is 16.5. The Bertz CT molecular complexity index is 514. The van der Waals surface area contributed by atoms with Gasteiger partial charge in [0.25, 0.3) is 0 Å². The van der Waals surface area contributed by atoms with Gasteiger partial charge in [0, 0.05) is 5.69 Å². The maximum atomic E-state index is 12.2. The Kier molecular flexibility index (Phi) is 8.37. The summed E-state index contributed by atoms with van der Waals surface area (Å²) >= 11 is 0. The molecule has 1 N–H and O–H groups in total. The van der Waals surface area contributed by atoms with E-state index in [0.29, 0.717) is 0 Å². The largest absolute Gasteiger partial charge is 0.325 e. The van der Waals surface area contributed by atoms with Crippen LogP contribution in [0.4, 0.5) is 5.69 Å². The molecule has 21 heavy (non-hydrogen) atoms. The first kappa shape index (κ1) is 19.2. The molecule has 0 aromatic heterocycles. The van der Waals surface area contributed by atoms with Crippen LogP contribution in [-0.2, 0) is 10.2 Å². The summed E-state index contributed by atoms with van der Waals surface area (Å²) in [6.07, 6.45) is 5.97. The Morgan fingerprint density at radius 1 is 1.10 bits per heavy atom. The second-order valence-corrected chi connectivity index (χ2v) is 4.37. The van der Waals surface area contributed by atoms with Crippen molar-refractivity contribution < 1.29 is 4.79 Å². The highest BCUT2D eigenvalue weighted by Gasteiger charge is 2.44. The van der Waals surface area contributed by atoms with Crippen molar-refractivity contribution in [2.75, 3.05) is 5.32 Å². The lowest BCUT2D eigenvalue weighted by Gasteiger charge is -2.23. The summed E-state index contributed by atoms with van der Waals surface area (Å²) in [5.74, 6) is 0.0462.